The Hall–Kier alpha value is -1.88. The zero-order valence-electron chi connectivity index (χ0n) is 13.4. The number of halogens is 3. The van der Waals surface area contributed by atoms with Crippen molar-refractivity contribution in [2.24, 2.45) is 0 Å². The van der Waals surface area contributed by atoms with Gasteiger partial charge in [-0.15, -0.1) is 0 Å². The zero-order valence-corrected chi connectivity index (χ0v) is 13.4. The van der Waals surface area contributed by atoms with E-state index in [9.17, 15) is 23.1 Å². The average Bonchev–Trinajstić information content (AvgIpc) is 2.58. The summed E-state index contributed by atoms with van der Waals surface area (Å²) in [5.74, 6) is 0. The molecule has 0 aromatic heterocycles. The monoisotopic (exact) mass is 367 g/mol. The van der Waals surface area contributed by atoms with Gasteiger partial charge in [0.15, 0.2) is 12.4 Å². The van der Waals surface area contributed by atoms with Gasteiger partial charge in [0.2, 0.25) is 0 Å². The van der Waals surface area contributed by atoms with Gasteiger partial charge in [-0.1, -0.05) is 30.3 Å². The molecule has 0 bridgehead atoms. The highest BCUT2D eigenvalue weighted by atomic mass is 19.4. The van der Waals surface area contributed by atoms with E-state index in [0.717, 1.165) is 12.7 Å². The van der Waals surface area contributed by atoms with E-state index in [-0.39, 0.29) is 6.61 Å². The number of aliphatic hydroxyl groups is 2. The molecule has 3 unspecified atom stereocenters. The molecule has 0 aliphatic rings. The number of rotatable bonds is 9. The molecular weight excluding hydrogens is 347 g/mol. The molecule has 7 nitrogen and oxygen atoms in total. The van der Waals surface area contributed by atoms with Crippen LogP contribution in [-0.4, -0.2) is 61.2 Å². The van der Waals surface area contributed by atoms with E-state index in [2.05, 4.69) is 10.1 Å². The zero-order chi connectivity index (χ0) is 18.9. The van der Waals surface area contributed by atoms with E-state index in [0.29, 0.717) is 0 Å². The summed E-state index contributed by atoms with van der Waals surface area (Å²) in [6, 6.07) is 7.59. The van der Waals surface area contributed by atoms with Crippen LogP contribution in [0.4, 0.5) is 18.0 Å². The third-order valence-corrected chi connectivity index (χ3v) is 3.05. The van der Waals surface area contributed by atoms with Gasteiger partial charge in [-0.2, -0.15) is 13.2 Å². The van der Waals surface area contributed by atoms with Crippen molar-refractivity contribution in [1.29, 1.82) is 0 Å². The number of benzene rings is 1. The number of carbonyl (C=O) groups excluding carboxylic acids is 1. The lowest BCUT2D eigenvalue weighted by Crippen LogP contribution is -2.48. The number of nitrogens with one attached hydrogen (secondary N) is 1. The van der Waals surface area contributed by atoms with E-state index in [1.54, 1.807) is 30.3 Å². The highest BCUT2D eigenvalue weighted by molar-refractivity contribution is 5.67. The Morgan fingerprint density at radius 3 is 2.40 bits per heavy atom. The number of amides is 1. The van der Waals surface area contributed by atoms with E-state index in [1.807, 2.05) is 0 Å². The summed E-state index contributed by atoms with van der Waals surface area (Å²) >= 11 is 0. The average molecular weight is 367 g/mol. The highest BCUT2D eigenvalue weighted by Crippen LogP contribution is 2.20. The molecule has 3 N–H and O–H groups in total. The van der Waals surface area contributed by atoms with Crippen LogP contribution in [0.25, 0.3) is 0 Å². The minimum atomic E-state index is -4.82. The molecule has 0 aliphatic carbocycles. The molecule has 3 atom stereocenters. The molecule has 1 rings (SSSR count). The molecule has 0 fully saturated rings. The lowest BCUT2D eigenvalue weighted by Gasteiger charge is -2.23. The molecule has 142 valence electrons. The Morgan fingerprint density at radius 1 is 1.20 bits per heavy atom. The molecule has 0 radical (unpaired) electrons. The second kappa shape index (κ2) is 10.2. The minimum Gasteiger partial charge on any atom is -0.445 e. The first kappa shape index (κ1) is 21.2. The molecule has 1 aromatic rings. The Labute approximate surface area is 142 Å². The lowest BCUT2D eigenvalue weighted by molar-refractivity contribution is -0.219. The van der Waals surface area contributed by atoms with Gasteiger partial charge in [-0.3, -0.25) is 0 Å². The molecule has 25 heavy (non-hydrogen) atoms. The van der Waals surface area contributed by atoms with Crippen molar-refractivity contribution in [3.63, 3.8) is 0 Å². The second-order valence-electron chi connectivity index (χ2n) is 5.03. The molecule has 1 amide bonds. The smallest absolute Gasteiger partial charge is 0.416 e. The standard InChI is InChI=1S/C15H20F3NO6/c1-23-13(21)11(8-24-9-12(20)15(16,17)18)19-14(22)25-7-10-5-3-2-4-6-10/h2-6,11-13,20-21H,7-9H2,1H3,(H,19,22). The van der Waals surface area contributed by atoms with E-state index in [4.69, 9.17) is 14.6 Å². The van der Waals surface area contributed by atoms with Crippen molar-refractivity contribution in [2.45, 2.75) is 31.2 Å². The Morgan fingerprint density at radius 2 is 1.84 bits per heavy atom. The van der Waals surface area contributed by atoms with Crippen molar-refractivity contribution in [2.75, 3.05) is 20.3 Å². The number of aliphatic hydroxyl groups excluding tert-OH is 2. The van der Waals surface area contributed by atoms with Gasteiger partial charge in [0.1, 0.15) is 12.6 Å². The maximum atomic E-state index is 12.2. The Kier molecular flexibility index (Phi) is 8.62. The summed E-state index contributed by atoms with van der Waals surface area (Å²) < 4.78 is 50.8. The molecule has 0 aliphatic heterocycles. The highest BCUT2D eigenvalue weighted by Gasteiger charge is 2.38. The molecule has 0 heterocycles. The van der Waals surface area contributed by atoms with Gasteiger partial charge in [-0.05, 0) is 5.56 Å². The number of alkyl halides is 3. The van der Waals surface area contributed by atoms with Crippen LogP contribution < -0.4 is 5.32 Å². The minimum absolute atomic E-state index is 0.0316. The summed E-state index contributed by atoms with van der Waals surface area (Å²) in [4.78, 5) is 11.7. The van der Waals surface area contributed by atoms with Crippen LogP contribution in [0, 0.1) is 0 Å². The van der Waals surface area contributed by atoms with E-state index in [1.165, 1.54) is 0 Å². The van der Waals surface area contributed by atoms with Gasteiger partial charge in [0.25, 0.3) is 0 Å². The summed E-state index contributed by atoms with van der Waals surface area (Å²) in [6.45, 7) is -1.60. The molecule has 0 saturated heterocycles. The number of ether oxygens (including phenoxy) is 3. The molecule has 0 spiro atoms. The normalized spacial score (nSPS) is 15.3. The topological polar surface area (TPSA) is 97.3 Å². The van der Waals surface area contributed by atoms with Gasteiger partial charge in [0, 0.05) is 7.11 Å². The Balaban J connectivity index is 2.45. The van der Waals surface area contributed by atoms with Crippen molar-refractivity contribution < 1.29 is 42.4 Å². The number of hydrogen-bond donors (Lipinski definition) is 3. The summed E-state index contributed by atoms with van der Waals surface area (Å²) in [7, 11) is 1.14. The molecule has 10 heteroatoms. The van der Waals surface area contributed by atoms with Crippen LogP contribution in [-0.2, 0) is 20.8 Å². The second-order valence-corrected chi connectivity index (χ2v) is 5.03. The van der Waals surface area contributed by atoms with Gasteiger partial charge in [-0.25, -0.2) is 4.79 Å². The fraction of sp³-hybridized carbons (Fsp3) is 0.533. The molecular formula is C15H20F3NO6. The van der Waals surface area contributed by atoms with E-state index >= 15 is 0 Å². The van der Waals surface area contributed by atoms with Crippen molar-refractivity contribution >= 4 is 6.09 Å². The first-order valence-corrected chi connectivity index (χ1v) is 7.24. The third-order valence-electron chi connectivity index (χ3n) is 3.05. The third kappa shape index (κ3) is 8.16. The fourth-order valence-electron chi connectivity index (χ4n) is 1.68. The first-order chi connectivity index (χ1) is 11.7. The van der Waals surface area contributed by atoms with Crippen LogP contribution in [0.5, 0.6) is 0 Å². The maximum absolute atomic E-state index is 12.2. The van der Waals surface area contributed by atoms with Crippen LogP contribution in [0.3, 0.4) is 0 Å². The van der Waals surface area contributed by atoms with Crippen LogP contribution >= 0.6 is 0 Å². The van der Waals surface area contributed by atoms with Crippen LogP contribution in [0.15, 0.2) is 30.3 Å². The first-order valence-electron chi connectivity index (χ1n) is 7.24. The largest absolute Gasteiger partial charge is 0.445 e. The van der Waals surface area contributed by atoms with Crippen LogP contribution in [0.2, 0.25) is 0 Å². The number of methoxy groups -OCH3 is 1. The van der Waals surface area contributed by atoms with E-state index < -0.39 is 43.9 Å². The SMILES string of the molecule is COC(O)C(COCC(O)C(F)(F)F)NC(=O)OCc1ccccc1. The molecule has 1 aromatic carbocycles. The van der Waals surface area contributed by atoms with Gasteiger partial charge in [0.05, 0.1) is 13.2 Å². The quantitative estimate of drug-likeness (QED) is 0.567. The maximum Gasteiger partial charge on any atom is 0.416 e. The van der Waals surface area contributed by atoms with Crippen LogP contribution in [0.1, 0.15) is 5.56 Å². The van der Waals surface area contributed by atoms with Gasteiger partial charge < -0.3 is 29.7 Å². The lowest BCUT2D eigenvalue weighted by atomic mass is 10.2. The summed E-state index contributed by atoms with van der Waals surface area (Å²) in [5, 5.41) is 20.7. The van der Waals surface area contributed by atoms with Crippen molar-refractivity contribution in [3.05, 3.63) is 35.9 Å². The number of alkyl carbamates (subject to hydrolysis) is 1. The van der Waals surface area contributed by atoms with Crippen molar-refractivity contribution in [1.82, 2.24) is 5.32 Å². The molecule has 0 saturated carbocycles. The van der Waals surface area contributed by atoms with Crippen molar-refractivity contribution in [3.8, 4) is 0 Å². The summed E-state index contributed by atoms with van der Waals surface area (Å²) in [6.07, 6.45) is -9.94. The summed E-state index contributed by atoms with van der Waals surface area (Å²) in [5.41, 5.74) is 0.728. The predicted octanol–water partition coefficient (Wildman–Crippen LogP) is 1.19. The fourth-order valence-corrected chi connectivity index (χ4v) is 1.68. The Bertz CT molecular complexity index is 514. The predicted molar refractivity (Wildman–Crippen MR) is 79.4 cm³/mol. The number of hydrogen-bond acceptors (Lipinski definition) is 6. The van der Waals surface area contributed by atoms with Gasteiger partial charge >= 0.3 is 12.3 Å². The number of carbonyl (C=O) groups is 1.